The van der Waals surface area contributed by atoms with Gasteiger partial charge in [-0.1, -0.05) is 0 Å². The Morgan fingerprint density at radius 3 is 2.05 bits per heavy atom. The zero-order chi connectivity index (χ0) is 13.8. The normalized spacial score (nSPS) is 10.1. The third-order valence-corrected chi connectivity index (χ3v) is 2.98. The summed E-state index contributed by atoms with van der Waals surface area (Å²) in [6, 6.07) is 12.4. The number of hydrogen-bond donors (Lipinski definition) is 0. The maximum atomic E-state index is 13.7. The standard InChI is InChI=1S/C15H16FNO2/c1-17(11-4-7-13(18-2)8-5-11)12-6-9-15(19-3)14(16)10-12/h4-10H,1-3H3. The van der Waals surface area contributed by atoms with Crippen LogP contribution in [0.3, 0.4) is 0 Å². The Morgan fingerprint density at radius 2 is 1.53 bits per heavy atom. The second-order valence-corrected chi connectivity index (χ2v) is 4.08. The molecule has 2 rings (SSSR count). The van der Waals surface area contributed by atoms with E-state index in [1.54, 1.807) is 13.2 Å². The van der Waals surface area contributed by atoms with E-state index in [-0.39, 0.29) is 11.6 Å². The number of rotatable bonds is 4. The second-order valence-electron chi connectivity index (χ2n) is 4.08. The van der Waals surface area contributed by atoms with Gasteiger partial charge in [0.2, 0.25) is 0 Å². The monoisotopic (exact) mass is 261 g/mol. The Morgan fingerprint density at radius 1 is 0.895 bits per heavy atom. The Bertz CT molecular complexity index is 555. The fourth-order valence-electron chi connectivity index (χ4n) is 1.82. The van der Waals surface area contributed by atoms with Crippen molar-refractivity contribution in [3.05, 3.63) is 48.3 Å². The average Bonchev–Trinajstić information content (AvgIpc) is 2.46. The number of methoxy groups -OCH3 is 2. The molecule has 19 heavy (non-hydrogen) atoms. The Labute approximate surface area is 112 Å². The molecule has 0 spiro atoms. The predicted molar refractivity (Wildman–Crippen MR) is 74.0 cm³/mol. The SMILES string of the molecule is COc1ccc(N(C)c2ccc(OC)c(F)c2)cc1. The Kier molecular flexibility index (Phi) is 3.90. The molecule has 0 bridgehead atoms. The lowest BCUT2D eigenvalue weighted by Crippen LogP contribution is -2.09. The summed E-state index contributed by atoms with van der Waals surface area (Å²) in [4.78, 5) is 1.89. The molecule has 0 atom stereocenters. The molecule has 2 aromatic rings. The van der Waals surface area contributed by atoms with Crippen molar-refractivity contribution in [2.75, 3.05) is 26.2 Å². The molecule has 0 radical (unpaired) electrons. The quantitative estimate of drug-likeness (QED) is 0.839. The lowest BCUT2D eigenvalue weighted by Gasteiger charge is -2.20. The van der Waals surface area contributed by atoms with Crippen LogP contribution in [0.2, 0.25) is 0 Å². The summed E-state index contributed by atoms with van der Waals surface area (Å²) in [5.41, 5.74) is 1.70. The zero-order valence-electron chi connectivity index (χ0n) is 11.2. The van der Waals surface area contributed by atoms with Crippen molar-refractivity contribution in [1.29, 1.82) is 0 Å². The summed E-state index contributed by atoms with van der Waals surface area (Å²) in [6.07, 6.45) is 0. The van der Waals surface area contributed by atoms with E-state index in [1.165, 1.54) is 13.2 Å². The summed E-state index contributed by atoms with van der Waals surface area (Å²) < 4.78 is 23.7. The fraction of sp³-hybridized carbons (Fsp3) is 0.200. The molecular weight excluding hydrogens is 245 g/mol. The van der Waals surface area contributed by atoms with Crippen molar-refractivity contribution in [2.45, 2.75) is 0 Å². The van der Waals surface area contributed by atoms with Crippen LogP contribution in [0.15, 0.2) is 42.5 Å². The van der Waals surface area contributed by atoms with E-state index in [0.29, 0.717) is 0 Å². The van der Waals surface area contributed by atoms with Crippen molar-refractivity contribution >= 4 is 11.4 Å². The Balaban J connectivity index is 2.27. The maximum absolute atomic E-state index is 13.7. The number of anilines is 2. The summed E-state index contributed by atoms with van der Waals surface area (Å²) in [5.74, 6) is 0.658. The number of halogens is 1. The van der Waals surface area contributed by atoms with Crippen LogP contribution in [-0.2, 0) is 0 Å². The van der Waals surface area contributed by atoms with Gasteiger partial charge in [0.05, 0.1) is 14.2 Å². The van der Waals surface area contributed by atoms with E-state index in [2.05, 4.69) is 0 Å². The molecule has 4 heteroatoms. The van der Waals surface area contributed by atoms with Gasteiger partial charge >= 0.3 is 0 Å². The van der Waals surface area contributed by atoms with E-state index in [0.717, 1.165) is 17.1 Å². The summed E-state index contributed by atoms with van der Waals surface area (Å²) in [5, 5.41) is 0. The van der Waals surface area contributed by atoms with Gasteiger partial charge in [-0.3, -0.25) is 0 Å². The van der Waals surface area contributed by atoms with Crippen LogP contribution >= 0.6 is 0 Å². The van der Waals surface area contributed by atoms with E-state index >= 15 is 0 Å². The fourth-order valence-corrected chi connectivity index (χ4v) is 1.82. The zero-order valence-corrected chi connectivity index (χ0v) is 11.2. The molecule has 0 saturated carbocycles. The average molecular weight is 261 g/mol. The van der Waals surface area contributed by atoms with Gasteiger partial charge in [-0.25, -0.2) is 4.39 Å². The van der Waals surface area contributed by atoms with Crippen LogP contribution in [0.25, 0.3) is 0 Å². The summed E-state index contributed by atoms with van der Waals surface area (Å²) in [6.45, 7) is 0. The van der Waals surface area contributed by atoms with E-state index in [9.17, 15) is 4.39 Å². The van der Waals surface area contributed by atoms with Crippen molar-refractivity contribution in [1.82, 2.24) is 0 Å². The Hall–Kier alpha value is -2.23. The minimum absolute atomic E-state index is 0.242. The first-order valence-corrected chi connectivity index (χ1v) is 5.87. The molecule has 0 aliphatic carbocycles. The van der Waals surface area contributed by atoms with Crippen molar-refractivity contribution in [3.8, 4) is 11.5 Å². The van der Waals surface area contributed by atoms with Gasteiger partial charge in [0.1, 0.15) is 5.75 Å². The van der Waals surface area contributed by atoms with Crippen LogP contribution in [0.5, 0.6) is 11.5 Å². The molecule has 3 nitrogen and oxygen atoms in total. The molecule has 0 N–H and O–H groups in total. The van der Waals surface area contributed by atoms with E-state index in [4.69, 9.17) is 9.47 Å². The highest BCUT2D eigenvalue weighted by molar-refractivity contribution is 5.63. The third kappa shape index (κ3) is 2.78. The minimum Gasteiger partial charge on any atom is -0.497 e. The molecule has 0 saturated heterocycles. The first-order valence-electron chi connectivity index (χ1n) is 5.87. The van der Waals surface area contributed by atoms with Gasteiger partial charge in [-0.05, 0) is 36.4 Å². The lowest BCUT2D eigenvalue weighted by atomic mass is 10.2. The van der Waals surface area contributed by atoms with Gasteiger partial charge in [-0.15, -0.1) is 0 Å². The topological polar surface area (TPSA) is 21.7 Å². The molecule has 0 fully saturated rings. The van der Waals surface area contributed by atoms with Gasteiger partial charge in [-0.2, -0.15) is 0 Å². The highest BCUT2D eigenvalue weighted by atomic mass is 19.1. The maximum Gasteiger partial charge on any atom is 0.167 e. The molecule has 2 aromatic carbocycles. The van der Waals surface area contributed by atoms with Gasteiger partial charge in [0.15, 0.2) is 11.6 Å². The molecule has 0 aliphatic rings. The molecule has 0 unspecified atom stereocenters. The van der Waals surface area contributed by atoms with Crippen LogP contribution in [-0.4, -0.2) is 21.3 Å². The molecule has 0 aromatic heterocycles. The van der Waals surface area contributed by atoms with Gasteiger partial charge in [0, 0.05) is 24.5 Å². The van der Waals surface area contributed by atoms with Crippen molar-refractivity contribution in [2.24, 2.45) is 0 Å². The van der Waals surface area contributed by atoms with Gasteiger partial charge in [0.25, 0.3) is 0 Å². The van der Waals surface area contributed by atoms with Crippen LogP contribution < -0.4 is 14.4 Å². The second kappa shape index (κ2) is 5.61. The van der Waals surface area contributed by atoms with Crippen LogP contribution in [0.4, 0.5) is 15.8 Å². The van der Waals surface area contributed by atoms with Crippen LogP contribution in [0.1, 0.15) is 0 Å². The smallest absolute Gasteiger partial charge is 0.167 e. The van der Waals surface area contributed by atoms with E-state index < -0.39 is 0 Å². The number of benzene rings is 2. The summed E-state index contributed by atoms with van der Waals surface area (Å²) >= 11 is 0. The number of nitrogens with zero attached hydrogens (tertiary/aromatic N) is 1. The molecule has 0 aliphatic heterocycles. The van der Waals surface area contributed by atoms with Gasteiger partial charge < -0.3 is 14.4 Å². The third-order valence-electron chi connectivity index (χ3n) is 2.98. The first kappa shape index (κ1) is 13.2. The predicted octanol–water partition coefficient (Wildman–Crippen LogP) is 3.61. The van der Waals surface area contributed by atoms with Crippen molar-refractivity contribution in [3.63, 3.8) is 0 Å². The number of ether oxygens (including phenoxy) is 2. The van der Waals surface area contributed by atoms with Crippen LogP contribution in [0, 0.1) is 5.82 Å². The largest absolute Gasteiger partial charge is 0.497 e. The molecular formula is C15H16FNO2. The highest BCUT2D eigenvalue weighted by Crippen LogP contribution is 2.28. The molecule has 0 amide bonds. The summed E-state index contributed by atoms with van der Waals surface area (Å²) in [7, 11) is 4.95. The molecule has 100 valence electrons. The first-order chi connectivity index (χ1) is 9.15. The number of hydrogen-bond acceptors (Lipinski definition) is 3. The van der Waals surface area contributed by atoms with Crippen molar-refractivity contribution < 1.29 is 13.9 Å². The highest BCUT2D eigenvalue weighted by Gasteiger charge is 2.08. The van der Waals surface area contributed by atoms with E-state index in [1.807, 2.05) is 42.3 Å². The molecule has 0 heterocycles. The lowest BCUT2D eigenvalue weighted by molar-refractivity contribution is 0.386. The minimum atomic E-state index is -0.375.